The van der Waals surface area contributed by atoms with E-state index in [9.17, 15) is 4.79 Å². The molecule has 4 aromatic heterocycles. The Bertz CT molecular complexity index is 3480. The first-order valence-electron chi connectivity index (χ1n) is 16.9. The van der Waals surface area contributed by atoms with E-state index < -0.39 is 0 Å². The second kappa shape index (κ2) is 9.75. The molecule has 12 aromatic rings. The van der Waals surface area contributed by atoms with E-state index in [1.165, 1.54) is 32.3 Å². The average molecular weight is 670 g/mol. The van der Waals surface area contributed by atoms with Crippen molar-refractivity contribution < 1.29 is 4.42 Å². The minimum absolute atomic E-state index is 0.235. The smallest absolute Gasteiger partial charge is 0.281 e. The van der Waals surface area contributed by atoms with Gasteiger partial charge in [0.2, 0.25) is 0 Å². The Labute approximate surface area is 292 Å². The zero-order chi connectivity index (χ0) is 33.4. The fourth-order valence-electron chi connectivity index (χ4n) is 8.33. The highest BCUT2D eigenvalue weighted by molar-refractivity contribution is 7.23. The van der Waals surface area contributed by atoms with Gasteiger partial charge in [0.1, 0.15) is 11.2 Å². The lowest BCUT2D eigenvalue weighted by atomic mass is 9.91. The fraction of sp³-hybridized carbons (Fsp3) is 0. The minimum atomic E-state index is -0.235. The van der Waals surface area contributed by atoms with Crippen LogP contribution in [0.1, 0.15) is 0 Å². The topological polar surface area (TPSA) is 60.4 Å². The maximum Gasteiger partial charge on any atom is 0.281 e. The summed E-state index contributed by atoms with van der Waals surface area (Å²) in [6, 6.07) is 48.8. The van der Waals surface area contributed by atoms with Crippen LogP contribution in [0.4, 0.5) is 0 Å². The number of thiazole rings is 1. The summed E-state index contributed by atoms with van der Waals surface area (Å²) in [6.45, 7) is 0. The van der Waals surface area contributed by atoms with Gasteiger partial charge in [-0.1, -0.05) is 102 Å². The van der Waals surface area contributed by atoms with E-state index >= 15 is 0 Å². The first-order valence-corrected chi connectivity index (χ1v) is 17.8. The van der Waals surface area contributed by atoms with Crippen LogP contribution in [0.5, 0.6) is 0 Å². The van der Waals surface area contributed by atoms with Crippen molar-refractivity contribution in [2.75, 3.05) is 0 Å². The van der Waals surface area contributed by atoms with Crippen LogP contribution in [0, 0.1) is 0 Å². The molecule has 0 saturated heterocycles. The number of fused-ring (bicyclic) bond motifs is 11. The Balaban J connectivity index is 1.09. The maximum atomic E-state index is 13.7. The third kappa shape index (κ3) is 3.66. The summed E-state index contributed by atoms with van der Waals surface area (Å²) in [5, 5.41) is 11.1. The molecule has 0 aliphatic carbocycles. The van der Waals surface area contributed by atoms with Crippen LogP contribution >= 0.6 is 11.3 Å². The molecular formula is C45H23N3O2S. The molecule has 0 unspecified atom stereocenters. The van der Waals surface area contributed by atoms with Gasteiger partial charge in [-0.05, 0) is 103 Å². The van der Waals surface area contributed by atoms with Crippen molar-refractivity contribution in [1.29, 1.82) is 0 Å². The zero-order valence-electron chi connectivity index (χ0n) is 26.8. The average Bonchev–Trinajstić information content (AvgIpc) is 3.75. The molecule has 6 heteroatoms. The highest BCUT2D eigenvalue weighted by Crippen LogP contribution is 2.43. The van der Waals surface area contributed by atoms with Crippen molar-refractivity contribution in [3.63, 3.8) is 0 Å². The zero-order valence-corrected chi connectivity index (χ0v) is 27.7. The van der Waals surface area contributed by atoms with Crippen molar-refractivity contribution in [1.82, 2.24) is 14.4 Å². The predicted molar refractivity (Wildman–Crippen MR) is 212 cm³/mol. The van der Waals surface area contributed by atoms with E-state index in [1.807, 2.05) is 46.9 Å². The Morgan fingerprint density at radius 2 is 1.16 bits per heavy atom. The van der Waals surface area contributed by atoms with Crippen LogP contribution in [0.3, 0.4) is 0 Å². The van der Waals surface area contributed by atoms with Gasteiger partial charge in [-0.15, -0.1) is 0 Å². The summed E-state index contributed by atoms with van der Waals surface area (Å²) >= 11 is 1.58. The number of rotatable bonds is 2. The Morgan fingerprint density at radius 1 is 0.510 bits per heavy atom. The first kappa shape index (κ1) is 27.2. The lowest BCUT2D eigenvalue weighted by Crippen LogP contribution is -2.11. The van der Waals surface area contributed by atoms with E-state index in [0.717, 1.165) is 70.3 Å². The quantitative estimate of drug-likeness (QED) is 0.172. The van der Waals surface area contributed by atoms with Crippen LogP contribution in [-0.4, -0.2) is 14.4 Å². The third-order valence-corrected chi connectivity index (χ3v) is 11.6. The van der Waals surface area contributed by atoms with Crippen molar-refractivity contribution in [2.45, 2.75) is 0 Å². The standard InChI is InChI=1S/C45H23N3O2S/c49-44-36-22-26(23-40-42(36)48-43(47-44)33-12-5-6-14-37(33)46-45(48)51-40)27-13-7-15-39-41(27)35-21-25(17-19-38(35)50-39)24-16-18-32-30-10-2-1-8-28(30)29-9-3-4-11-31(29)34(32)20-24/h1-23H. The van der Waals surface area contributed by atoms with Gasteiger partial charge in [0.15, 0.2) is 10.6 Å². The largest absolute Gasteiger partial charge is 0.456 e. The molecule has 0 radical (unpaired) electrons. The van der Waals surface area contributed by atoms with Crippen LogP contribution in [0.25, 0.3) is 114 Å². The maximum absolute atomic E-state index is 13.7. The molecule has 51 heavy (non-hydrogen) atoms. The van der Waals surface area contributed by atoms with Crippen LogP contribution < -0.4 is 5.56 Å². The van der Waals surface area contributed by atoms with Crippen molar-refractivity contribution >= 4 is 103 Å². The van der Waals surface area contributed by atoms with E-state index in [-0.39, 0.29) is 5.56 Å². The van der Waals surface area contributed by atoms with Gasteiger partial charge >= 0.3 is 0 Å². The van der Waals surface area contributed by atoms with Crippen molar-refractivity contribution in [3.05, 3.63) is 150 Å². The van der Waals surface area contributed by atoms with Gasteiger partial charge in [-0.2, -0.15) is 4.98 Å². The number of benzene rings is 8. The summed E-state index contributed by atoms with van der Waals surface area (Å²) in [4.78, 5) is 24.1. The van der Waals surface area contributed by atoms with Crippen molar-refractivity contribution in [2.24, 2.45) is 0 Å². The van der Waals surface area contributed by atoms with Crippen LogP contribution in [-0.2, 0) is 0 Å². The molecule has 0 saturated carbocycles. The number of nitrogens with zero attached hydrogens (tertiary/aromatic N) is 3. The molecule has 0 aliphatic heterocycles. The number of furan rings is 1. The molecule has 8 aromatic carbocycles. The first-order chi connectivity index (χ1) is 25.2. The van der Waals surface area contributed by atoms with Gasteiger partial charge in [0.25, 0.3) is 5.56 Å². The number of hydrogen-bond donors (Lipinski definition) is 0. The Hall–Kier alpha value is -6.63. The summed E-state index contributed by atoms with van der Waals surface area (Å²) in [7, 11) is 0. The van der Waals surface area contributed by atoms with E-state index in [0.29, 0.717) is 11.0 Å². The second-order valence-electron chi connectivity index (χ2n) is 13.3. The fourth-order valence-corrected chi connectivity index (χ4v) is 9.42. The Kier molecular flexibility index (Phi) is 5.20. The molecule has 5 nitrogen and oxygen atoms in total. The molecule has 0 bridgehead atoms. The molecule has 0 amide bonds. The molecule has 0 spiro atoms. The third-order valence-electron chi connectivity index (χ3n) is 10.6. The molecule has 4 heterocycles. The van der Waals surface area contributed by atoms with Gasteiger partial charge in [0, 0.05) is 16.2 Å². The van der Waals surface area contributed by atoms with Gasteiger partial charge < -0.3 is 4.42 Å². The number of hydrogen-bond acceptors (Lipinski definition) is 5. The summed E-state index contributed by atoms with van der Waals surface area (Å²) < 4.78 is 9.49. The second-order valence-corrected chi connectivity index (χ2v) is 14.3. The van der Waals surface area contributed by atoms with Gasteiger partial charge in [-0.3, -0.25) is 9.20 Å². The number of para-hydroxylation sites is 1. The Morgan fingerprint density at radius 3 is 1.94 bits per heavy atom. The minimum Gasteiger partial charge on any atom is -0.456 e. The predicted octanol–water partition coefficient (Wildman–Crippen LogP) is 11.7. The summed E-state index contributed by atoms with van der Waals surface area (Å²) in [6.07, 6.45) is 0. The SMILES string of the molecule is O=c1nc2c3ccccc3nc3sc4cc(-c5cccc6oc7ccc(-c8ccc9c%10ccccc%10c%10ccccc%10c9c8)cc7c56)cc1c4n32. The monoisotopic (exact) mass is 669 g/mol. The van der Waals surface area contributed by atoms with Crippen molar-refractivity contribution in [3.8, 4) is 22.3 Å². The lowest BCUT2D eigenvalue weighted by molar-refractivity contribution is 0.669. The van der Waals surface area contributed by atoms with Crippen LogP contribution in [0.2, 0.25) is 0 Å². The molecule has 0 fully saturated rings. The normalized spacial score (nSPS) is 12.4. The molecule has 12 rings (SSSR count). The lowest BCUT2D eigenvalue weighted by Gasteiger charge is -2.12. The highest BCUT2D eigenvalue weighted by Gasteiger charge is 2.21. The van der Waals surface area contributed by atoms with E-state index in [1.54, 1.807) is 11.3 Å². The molecule has 236 valence electrons. The summed E-state index contributed by atoms with van der Waals surface area (Å²) in [5.41, 5.74) is 7.97. The molecule has 0 aliphatic rings. The van der Waals surface area contributed by atoms with Gasteiger partial charge in [-0.25, -0.2) is 4.98 Å². The van der Waals surface area contributed by atoms with Gasteiger partial charge in [0.05, 0.1) is 21.1 Å². The molecular weight excluding hydrogens is 647 g/mol. The molecule has 0 N–H and O–H groups in total. The van der Waals surface area contributed by atoms with E-state index in [4.69, 9.17) is 9.40 Å². The van der Waals surface area contributed by atoms with E-state index in [2.05, 4.69) is 102 Å². The molecule has 0 atom stereocenters. The summed E-state index contributed by atoms with van der Waals surface area (Å²) in [5.74, 6) is 0. The van der Waals surface area contributed by atoms with Crippen LogP contribution in [0.15, 0.2) is 149 Å². The highest BCUT2D eigenvalue weighted by atomic mass is 32.1. The number of aromatic nitrogens is 3.